The SMILES string of the molecule is O=S1NO1. The first-order valence-corrected chi connectivity index (χ1v) is 1.82. The Bertz CT molecular complexity index is 44.0. The molecule has 1 aliphatic heterocycles. The quantitative estimate of drug-likeness (QED) is 0.382. The molecule has 3 nitrogen and oxygen atoms in total. The van der Waals surface area contributed by atoms with Crippen molar-refractivity contribution in [3.05, 3.63) is 0 Å². The predicted octanol–water partition coefficient (Wildman–Crippen LogP) is -0.900. The van der Waals surface area contributed by atoms with Crippen molar-refractivity contribution in [1.29, 1.82) is 0 Å². The molecule has 1 N–H and O–H groups in total. The molecular weight excluding hydrogens is 78.1 g/mol. The number of hydrogen-bond donors (Lipinski definition) is 1. The largest absolute Gasteiger partial charge is 0.278 e. The van der Waals surface area contributed by atoms with E-state index in [2.05, 4.69) is 9.17 Å². The van der Waals surface area contributed by atoms with Crippen LogP contribution in [-0.2, 0) is 15.6 Å². The van der Waals surface area contributed by atoms with Gasteiger partial charge >= 0.3 is 0 Å². The summed E-state index contributed by atoms with van der Waals surface area (Å²) >= 11 is -1.11. The highest BCUT2D eigenvalue weighted by atomic mass is 32.2. The molecule has 0 saturated carbocycles. The van der Waals surface area contributed by atoms with Crippen LogP contribution in [0.4, 0.5) is 0 Å². The van der Waals surface area contributed by atoms with Crippen LogP contribution in [0.5, 0.6) is 0 Å². The second kappa shape index (κ2) is 0.512. The van der Waals surface area contributed by atoms with E-state index in [-0.39, 0.29) is 0 Å². The smallest absolute Gasteiger partial charge is 0.208 e. The van der Waals surface area contributed by atoms with Gasteiger partial charge < -0.3 is 0 Å². The molecular formula is HNO2S. The van der Waals surface area contributed by atoms with Crippen molar-refractivity contribution in [2.45, 2.75) is 0 Å². The first kappa shape index (κ1) is 2.32. The third-order valence-corrected chi connectivity index (χ3v) is 0.454. The average molecular weight is 79.1 g/mol. The fourth-order valence-electron chi connectivity index (χ4n) is 0.0139. The molecule has 24 valence electrons. The van der Waals surface area contributed by atoms with Crippen LogP contribution in [0.15, 0.2) is 0 Å². The van der Waals surface area contributed by atoms with Gasteiger partial charge in [0.05, 0.1) is 0 Å². The maximum Gasteiger partial charge on any atom is 0.278 e. The Kier molecular flexibility index (Phi) is 0.296. The fourth-order valence-corrected chi connectivity index (χ4v) is 0.125. The molecule has 1 fully saturated rings. The summed E-state index contributed by atoms with van der Waals surface area (Å²) in [4.78, 5) is 2.07. The molecule has 1 rings (SSSR count). The summed E-state index contributed by atoms with van der Waals surface area (Å²) < 4.78 is 13.3. The second-order valence-electron chi connectivity index (χ2n) is 0.401. The molecule has 1 aliphatic rings. The molecule has 0 aromatic heterocycles. The monoisotopic (exact) mass is 79.0 g/mol. The summed E-state index contributed by atoms with van der Waals surface area (Å²) in [5.41, 5.74) is 0. The molecule has 0 amide bonds. The van der Waals surface area contributed by atoms with E-state index < -0.39 is 11.3 Å². The van der Waals surface area contributed by atoms with E-state index in [4.69, 9.17) is 0 Å². The van der Waals surface area contributed by atoms with E-state index in [9.17, 15) is 4.21 Å². The fraction of sp³-hybridized carbons (Fsp3) is 0. The average Bonchev–Trinajstić information content (AvgIpc) is 1.75. The predicted molar refractivity (Wildman–Crippen MR) is 12.4 cm³/mol. The normalized spacial score (nSPS) is 39.5. The van der Waals surface area contributed by atoms with Gasteiger partial charge in [-0.3, -0.25) is 0 Å². The van der Waals surface area contributed by atoms with Gasteiger partial charge in [-0.1, -0.05) is 4.89 Å². The number of rotatable bonds is 0. The zero-order valence-corrected chi connectivity index (χ0v) is 2.54. The van der Waals surface area contributed by atoms with Crippen molar-refractivity contribution in [2.24, 2.45) is 0 Å². The zero-order chi connectivity index (χ0) is 2.99. The lowest BCUT2D eigenvalue weighted by molar-refractivity contribution is 0.464. The summed E-state index contributed by atoms with van der Waals surface area (Å²) in [6.07, 6.45) is 0. The van der Waals surface area contributed by atoms with Crippen LogP contribution in [0.3, 0.4) is 0 Å². The van der Waals surface area contributed by atoms with Gasteiger partial charge in [-0.05, 0) is 0 Å². The molecule has 4 heteroatoms. The first-order valence-electron chi connectivity index (χ1n) is 0.742. The highest BCUT2D eigenvalue weighted by Crippen LogP contribution is 1.86. The van der Waals surface area contributed by atoms with Crippen LogP contribution >= 0.6 is 0 Å². The van der Waals surface area contributed by atoms with Crippen LogP contribution in [0.2, 0.25) is 0 Å². The maximum atomic E-state index is 9.33. The summed E-state index contributed by atoms with van der Waals surface area (Å²) in [5.74, 6) is 0. The first-order chi connectivity index (χ1) is 1.89. The highest BCUT2D eigenvalue weighted by molar-refractivity contribution is 7.82. The van der Waals surface area contributed by atoms with Crippen molar-refractivity contribution < 1.29 is 8.49 Å². The summed E-state index contributed by atoms with van der Waals surface area (Å²) in [6.45, 7) is 0. The van der Waals surface area contributed by atoms with E-state index in [0.717, 1.165) is 0 Å². The molecule has 0 bridgehead atoms. The minimum atomic E-state index is -1.11. The molecule has 0 aromatic rings. The van der Waals surface area contributed by atoms with Crippen LogP contribution in [0, 0.1) is 0 Å². The van der Waals surface area contributed by atoms with Gasteiger partial charge in [0.15, 0.2) is 0 Å². The van der Waals surface area contributed by atoms with E-state index in [1.165, 1.54) is 0 Å². The molecule has 0 aromatic carbocycles. The van der Waals surface area contributed by atoms with Crippen LogP contribution < -0.4 is 4.89 Å². The topological polar surface area (TPSA) is 51.5 Å². The maximum absolute atomic E-state index is 9.33. The van der Waals surface area contributed by atoms with Gasteiger partial charge in [-0.15, -0.1) is 0 Å². The van der Waals surface area contributed by atoms with Gasteiger partial charge in [-0.2, -0.15) is 4.28 Å². The summed E-state index contributed by atoms with van der Waals surface area (Å²) in [6, 6.07) is 0. The molecule has 1 heterocycles. The Labute approximate surface area is 25.7 Å². The minimum absolute atomic E-state index is 1.11. The molecule has 0 radical (unpaired) electrons. The Morgan fingerprint density at radius 1 is 2.00 bits per heavy atom. The number of nitrogens with one attached hydrogen (secondary N) is 1. The standard InChI is InChI=1S/HNO2S/c2-4-1-3-4/h1H. The second-order valence-corrected chi connectivity index (χ2v) is 1.20. The minimum Gasteiger partial charge on any atom is -0.208 e. The zero-order valence-electron chi connectivity index (χ0n) is 1.72. The summed E-state index contributed by atoms with van der Waals surface area (Å²) in [7, 11) is 0. The lowest BCUT2D eigenvalue weighted by atomic mass is 13.6. The number of hydrogen-bond acceptors (Lipinski definition) is 2. The van der Waals surface area contributed by atoms with E-state index in [1.54, 1.807) is 0 Å². The van der Waals surface area contributed by atoms with E-state index in [0.29, 0.717) is 0 Å². The van der Waals surface area contributed by atoms with Gasteiger partial charge in [0, 0.05) is 0 Å². The third kappa shape index (κ3) is 0.251. The van der Waals surface area contributed by atoms with Crippen molar-refractivity contribution >= 4 is 11.3 Å². The highest BCUT2D eigenvalue weighted by Gasteiger charge is 2.11. The van der Waals surface area contributed by atoms with Crippen LogP contribution in [-0.4, -0.2) is 4.21 Å². The molecule has 4 heavy (non-hydrogen) atoms. The van der Waals surface area contributed by atoms with Crippen LogP contribution in [0.25, 0.3) is 0 Å². The summed E-state index contributed by atoms with van der Waals surface area (Å²) in [5, 5.41) is 0. The third-order valence-electron chi connectivity index (χ3n) is 0.151. The van der Waals surface area contributed by atoms with Gasteiger partial charge in [0.2, 0.25) is 0 Å². The Morgan fingerprint density at radius 3 is 2.25 bits per heavy atom. The Hall–Kier alpha value is 0.0700. The van der Waals surface area contributed by atoms with E-state index >= 15 is 0 Å². The lowest BCUT2D eigenvalue weighted by Crippen LogP contribution is -1.59. The van der Waals surface area contributed by atoms with E-state index in [1.807, 2.05) is 0 Å². The van der Waals surface area contributed by atoms with Crippen molar-refractivity contribution in [3.8, 4) is 0 Å². The van der Waals surface area contributed by atoms with Crippen LogP contribution in [0.1, 0.15) is 0 Å². The Balaban J connectivity index is 2.60. The Morgan fingerprint density at radius 2 is 2.25 bits per heavy atom. The van der Waals surface area contributed by atoms with Crippen molar-refractivity contribution in [1.82, 2.24) is 4.89 Å². The lowest BCUT2D eigenvalue weighted by Gasteiger charge is -1.20. The molecule has 0 aliphatic carbocycles. The van der Waals surface area contributed by atoms with Crippen molar-refractivity contribution in [2.75, 3.05) is 0 Å². The molecule has 0 spiro atoms. The van der Waals surface area contributed by atoms with Gasteiger partial charge in [0.1, 0.15) is 0 Å². The van der Waals surface area contributed by atoms with Gasteiger partial charge in [-0.25, -0.2) is 4.21 Å². The van der Waals surface area contributed by atoms with Gasteiger partial charge in [0.25, 0.3) is 11.3 Å². The van der Waals surface area contributed by atoms with Crippen molar-refractivity contribution in [3.63, 3.8) is 0 Å². The molecule has 1 unspecified atom stereocenters. The molecule has 1 saturated heterocycles. The molecule has 1 atom stereocenters.